The second-order valence-corrected chi connectivity index (χ2v) is 26.6. The van der Waals surface area contributed by atoms with Crippen LogP contribution in [0.1, 0.15) is 13.3 Å². The van der Waals surface area contributed by atoms with Crippen molar-refractivity contribution in [3.8, 4) is 0 Å². The molecule has 16 heavy (non-hydrogen) atoms. The summed E-state index contributed by atoms with van der Waals surface area (Å²) in [5.41, 5.74) is 0. The minimum atomic E-state index is -1.08. The maximum absolute atomic E-state index is 11.7. The van der Waals surface area contributed by atoms with Crippen LogP contribution >= 0.6 is 0 Å². The van der Waals surface area contributed by atoms with Crippen LogP contribution in [-0.4, -0.2) is 36.3 Å². The van der Waals surface area contributed by atoms with E-state index in [2.05, 4.69) is 39.3 Å². The Balaban J connectivity index is 4.45. The van der Waals surface area contributed by atoms with Gasteiger partial charge in [-0.15, -0.1) is 0 Å². The van der Waals surface area contributed by atoms with E-state index < -0.39 is 30.5 Å². The summed E-state index contributed by atoms with van der Waals surface area (Å²) in [6.07, 6.45) is 0.758. The molecule has 0 saturated carbocycles. The Bertz CT molecular complexity index is 212. The third-order valence-electron chi connectivity index (χ3n) is 2.40. The van der Waals surface area contributed by atoms with E-state index in [9.17, 15) is 4.79 Å². The van der Waals surface area contributed by atoms with Crippen LogP contribution in [-0.2, 0) is 4.79 Å². The fourth-order valence-electron chi connectivity index (χ4n) is 2.09. The first-order valence-corrected chi connectivity index (χ1v) is 18.3. The van der Waals surface area contributed by atoms with Crippen LogP contribution in [0.5, 0.6) is 0 Å². The zero-order valence-corrected chi connectivity index (χ0v) is 16.3. The molecule has 0 N–H and O–H groups in total. The number of carbonyl (C=O) groups is 1. The molecule has 0 fully saturated rings. The number of hydrogen-bond acceptors (Lipinski definition) is 1. The topological polar surface area (TPSA) is 17.1 Å². The average Bonchev–Trinajstić information content (AvgIpc) is 1.97. The molecule has 0 aliphatic carbocycles. The summed E-state index contributed by atoms with van der Waals surface area (Å²) in [5.74, 6) is 0.534. The molecule has 0 aromatic carbocycles. The molecule has 0 bridgehead atoms. The van der Waals surface area contributed by atoms with Crippen molar-refractivity contribution in [2.24, 2.45) is 0 Å². The number of rotatable bonds is 7. The van der Waals surface area contributed by atoms with E-state index in [-0.39, 0.29) is 0 Å². The molecule has 0 aliphatic rings. The van der Waals surface area contributed by atoms with E-state index in [1.54, 1.807) is 0 Å². The minimum absolute atomic E-state index is 0.534. The first-order valence-electron chi connectivity index (χ1n) is 6.39. The fraction of sp³-hybridized carbons (Fsp3) is 0.917. The molecule has 0 spiro atoms. The van der Waals surface area contributed by atoms with Gasteiger partial charge >= 0.3 is 109 Å². The van der Waals surface area contributed by atoms with Crippen LogP contribution in [0.4, 0.5) is 0 Å². The monoisotopic (exact) mass is 319 g/mol. The molecular weight excluding hydrogens is 289 g/mol. The third-order valence-corrected chi connectivity index (χ3v) is 27.0. The summed E-state index contributed by atoms with van der Waals surface area (Å²) in [7, 11) is -1.91. The van der Waals surface area contributed by atoms with Gasteiger partial charge in [0.1, 0.15) is 0 Å². The Hall–Kier alpha value is 0.647. The third kappa shape index (κ3) is 9.84. The standard InChI is InChI=1S/C12H29GeOSi2/c1-8-12(14)9-13(10-15(2,3)4)11-16(5,6)7/h8-11H2,1-7H3. The van der Waals surface area contributed by atoms with Gasteiger partial charge < -0.3 is 0 Å². The summed E-state index contributed by atoms with van der Waals surface area (Å²) in [6, 6.07) is 0. The van der Waals surface area contributed by atoms with Crippen LogP contribution in [0, 0.1) is 0 Å². The van der Waals surface area contributed by atoms with Crippen LogP contribution in [0.25, 0.3) is 0 Å². The first-order chi connectivity index (χ1) is 7.03. The second-order valence-electron chi connectivity index (χ2n) is 7.29. The van der Waals surface area contributed by atoms with Crippen molar-refractivity contribution in [2.75, 3.05) is 0 Å². The molecule has 0 saturated heterocycles. The molecule has 1 nitrogen and oxygen atoms in total. The quantitative estimate of drug-likeness (QED) is 0.643. The van der Waals surface area contributed by atoms with Crippen molar-refractivity contribution in [2.45, 2.75) is 67.6 Å². The zero-order chi connectivity index (χ0) is 13.0. The Kier molecular flexibility index (Phi) is 6.81. The SMILES string of the molecule is CCC(=O)[CH2][Ge]([CH2][Si](C)(C)C)[CH2][Si](C)(C)C. The van der Waals surface area contributed by atoms with Gasteiger partial charge in [0.25, 0.3) is 0 Å². The van der Waals surface area contributed by atoms with Crippen LogP contribution in [0.3, 0.4) is 0 Å². The van der Waals surface area contributed by atoms with E-state index >= 15 is 0 Å². The van der Waals surface area contributed by atoms with E-state index in [0.29, 0.717) is 5.78 Å². The normalized spacial score (nSPS) is 13.2. The average molecular weight is 318 g/mol. The Morgan fingerprint density at radius 3 is 1.56 bits per heavy atom. The van der Waals surface area contributed by atoms with Gasteiger partial charge in [0.2, 0.25) is 0 Å². The molecule has 4 heteroatoms. The molecule has 0 aromatic rings. The number of Topliss-reactive ketones (excluding diaryl/α,β-unsaturated/α-hetero) is 1. The summed E-state index contributed by atoms with van der Waals surface area (Å²) in [4.78, 5) is 14.6. The van der Waals surface area contributed by atoms with Crippen LogP contribution in [0.2, 0.25) is 54.3 Å². The molecule has 0 atom stereocenters. The fourth-order valence-corrected chi connectivity index (χ4v) is 30.4. The molecule has 0 amide bonds. The van der Waals surface area contributed by atoms with Gasteiger partial charge in [0.15, 0.2) is 0 Å². The van der Waals surface area contributed by atoms with Gasteiger partial charge in [0.05, 0.1) is 0 Å². The molecule has 95 valence electrons. The van der Waals surface area contributed by atoms with E-state index in [1.807, 2.05) is 6.92 Å². The predicted octanol–water partition coefficient (Wildman–Crippen LogP) is 4.22. The van der Waals surface area contributed by atoms with Crippen molar-refractivity contribution in [3.05, 3.63) is 0 Å². The molecule has 0 heterocycles. The van der Waals surface area contributed by atoms with Gasteiger partial charge in [-0.2, -0.15) is 0 Å². The van der Waals surface area contributed by atoms with Gasteiger partial charge in [-0.1, -0.05) is 0 Å². The molecule has 0 aliphatic heterocycles. The molecule has 0 rings (SSSR count). The summed E-state index contributed by atoms with van der Waals surface area (Å²) in [6.45, 7) is 16.8. The van der Waals surface area contributed by atoms with Crippen molar-refractivity contribution >= 4 is 36.3 Å². The summed E-state index contributed by atoms with van der Waals surface area (Å²) in [5, 5.41) is 1.00. The van der Waals surface area contributed by atoms with Gasteiger partial charge in [-0.25, -0.2) is 0 Å². The number of hydrogen-bond donors (Lipinski definition) is 0. The summed E-state index contributed by atoms with van der Waals surface area (Å²) < 4.78 is 0. The molecule has 1 radical (unpaired) electrons. The first kappa shape index (κ1) is 16.6. The van der Waals surface area contributed by atoms with Crippen molar-refractivity contribution in [1.82, 2.24) is 0 Å². The Morgan fingerprint density at radius 2 is 1.31 bits per heavy atom. The number of ketones is 1. The van der Waals surface area contributed by atoms with E-state index in [0.717, 1.165) is 11.7 Å². The van der Waals surface area contributed by atoms with Gasteiger partial charge in [-0.3, -0.25) is 0 Å². The van der Waals surface area contributed by atoms with Gasteiger partial charge in [-0.05, 0) is 0 Å². The van der Waals surface area contributed by atoms with E-state index in [1.165, 1.54) is 9.75 Å². The van der Waals surface area contributed by atoms with Crippen molar-refractivity contribution in [3.63, 3.8) is 0 Å². The number of carbonyl (C=O) groups excluding carboxylic acids is 1. The molecule has 0 unspecified atom stereocenters. The molecule has 0 aromatic heterocycles. The van der Waals surface area contributed by atoms with Crippen molar-refractivity contribution < 1.29 is 4.79 Å². The van der Waals surface area contributed by atoms with Gasteiger partial charge in [0, 0.05) is 0 Å². The van der Waals surface area contributed by atoms with E-state index in [4.69, 9.17) is 0 Å². The van der Waals surface area contributed by atoms with Crippen LogP contribution < -0.4 is 0 Å². The molecular formula is C12H29GeOSi2. The predicted molar refractivity (Wildman–Crippen MR) is 82.2 cm³/mol. The Labute approximate surface area is 109 Å². The second kappa shape index (κ2) is 6.54. The van der Waals surface area contributed by atoms with Crippen LogP contribution in [0.15, 0.2) is 0 Å². The van der Waals surface area contributed by atoms with Crippen molar-refractivity contribution in [1.29, 1.82) is 0 Å². The summed E-state index contributed by atoms with van der Waals surface area (Å²) >= 11 is -1.08. The Morgan fingerprint density at radius 1 is 0.938 bits per heavy atom. The zero-order valence-electron chi connectivity index (χ0n) is 12.2. The maximum atomic E-state index is 11.7.